The van der Waals surface area contributed by atoms with Crippen molar-refractivity contribution < 1.29 is 61.3 Å². The minimum atomic E-state index is -1.27. The van der Waals surface area contributed by atoms with Crippen LogP contribution < -0.4 is 10.2 Å². The van der Waals surface area contributed by atoms with E-state index in [-0.39, 0.29) is 33.3 Å². The first-order valence-corrected chi connectivity index (χ1v) is 9.37. The number of Topliss-reactive ketones (excluding diaryl/α,β-unsaturated/α-hetero) is 2. The second kappa shape index (κ2) is 25.0. The molecule has 0 spiro atoms. The van der Waals surface area contributed by atoms with Gasteiger partial charge >= 0.3 is 21.7 Å². The van der Waals surface area contributed by atoms with E-state index in [1.54, 1.807) is 13.8 Å². The molecule has 0 aromatic heterocycles. The van der Waals surface area contributed by atoms with Crippen molar-refractivity contribution in [3.8, 4) is 0 Å². The number of aliphatic hydroxyl groups is 2. The Hall–Kier alpha value is -1.09. The molecule has 29 heavy (non-hydrogen) atoms. The second-order valence-electron chi connectivity index (χ2n) is 6.93. The summed E-state index contributed by atoms with van der Waals surface area (Å²) in [7, 11) is 0. The summed E-state index contributed by atoms with van der Waals surface area (Å²) in [5.74, 6) is -4.16. The number of rotatable bonds is 8. The van der Waals surface area contributed by atoms with Crippen molar-refractivity contribution in [2.45, 2.75) is 68.2 Å². The van der Waals surface area contributed by atoms with E-state index in [9.17, 15) is 29.4 Å². The molecule has 0 fully saturated rings. The van der Waals surface area contributed by atoms with Gasteiger partial charge in [-0.25, -0.2) is 0 Å². The van der Waals surface area contributed by atoms with Gasteiger partial charge in [-0.05, 0) is 38.5 Å². The maximum atomic E-state index is 10.4. The van der Waals surface area contributed by atoms with Gasteiger partial charge in [0.15, 0.2) is 0 Å². The fraction of sp³-hybridized carbons (Fsp3) is 0.800. The molecule has 0 aliphatic rings. The van der Waals surface area contributed by atoms with Crippen LogP contribution in [0.4, 0.5) is 0 Å². The van der Waals surface area contributed by atoms with Crippen molar-refractivity contribution in [2.24, 2.45) is 23.7 Å². The average Bonchev–Trinajstić information content (AvgIpc) is 2.56. The second-order valence-corrected chi connectivity index (χ2v) is 6.93. The van der Waals surface area contributed by atoms with Gasteiger partial charge in [-0.3, -0.25) is 9.59 Å². The summed E-state index contributed by atoms with van der Waals surface area (Å²) in [6.45, 7) is 14.3. The van der Waals surface area contributed by atoms with Gasteiger partial charge < -0.3 is 30.0 Å². The van der Waals surface area contributed by atoms with Gasteiger partial charge in [0.05, 0.1) is 23.8 Å². The van der Waals surface area contributed by atoms with Gasteiger partial charge in [0, 0.05) is 13.2 Å². The fourth-order valence-electron chi connectivity index (χ4n) is 1.24. The van der Waals surface area contributed by atoms with Crippen LogP contribution in [-0.2, 0) is 40.9 Å². The molecule has 9 heteroatoms. The molecule has 0 rings (SSSR count). The smallest absolute Gasteiger partial charge is 0.549 e. The molecule has 0 aromatic rings. The zero-order valence-electron chi connectivity index (χ0n) is 19.0. The third kappa shape index (κ3) is 31.8. The first-order chi connectivity index (χ1) is 12.7. The van der Waals surface area contributed by atoms with E-state index in [0.29, 0.717) is 37.9 Å². The average molecular weight is 454 g/mol. The molecule has 0 amide bonds. The molecule has 0 aliphatic heterocycles. The summed E-state index contributed by atoms with van der Waals surface area (Å²) >= 11 is 0. The van der Waals surface area contributed by atoms with E-state index in [1.165, 1.54) is 13.8 Å². The Bertz CT molecular complexity index is 368. The first kappa shape index (κ1) is 38.5. The van der Waals surface area contributed by atoms with Crippen molar-refractivity contribution >= 4 is 23.5 Å². The van der Waals surface area contributed by atoms with Gasteiger partial charge in [-0.15, -0.1) is 0 Å². The minimum Gasteiger partial charge on any atom is -0.549 e. The Balaban J connectivity index is -0.0000000907. The van der Waals surface area contributed by atoms with Gasteiger partial charge in [-0.2, -0.15) is 0 Å². The van der Waals surface area contributed by atoms with Gasteiger partial charge in [-0.1, -0.05) is 41.5 Å². The summed E-state index contributed by atoms with van der Waals surface area (Å²) < 4.78 is 0. The predicted octanol–water partition coefficient (Wildman–Crippen LogP) is -0.0301. The topological polar surface area (TPSA) is 155 Å². The van der Waals surface area contributed by atoms with E-state index in [1.807, 2.05) is 27.7 Å². The number of aliphatic carboxylic acids is 2. The molecule has 170 valence electrons. The Kier molecular flexibility index (Phi) is 33.1. The molecular weight excluding hydrogens is 416 g/mol. The maximum absolute atomic E-state index is 10.4. The quantitative estimate of drug-likeness (QED) is 0.383. The molecule has 0 saturated carbocycles. The number of hydrogen-bond donors (Lipinski definition) is 2. The predicted molar refractivity (Wildman–Crippen MR) is 103 cm³/mol. The van der Waals surface area contributed by atoms with Crippen molar-refractivity contribution in [1.29, 1.82) is 0 Å². The molecular formula is C20H38O8Ti. The van der Waals surface area contributed by atoms with Crippen LogP contribution in [0.25, 0.3) is 0 Å². The number of aliphatic hydroxyl groups excluding tert-OH is 2. The van der Waals surface area contributed by atoms with Crippen LogP contribution in [-0.4, -0.2) is 46.9 Å². The maximum Gasteiger partial charge on any atom is 2.00 e. The Morgan fingerprint density at radius 1 is 0.690 bits per heavy atom. The zero-order chi connectivity index (χ0) is 23.4. The van der Waals surface area contributed by atoms with Crippen LogP contribution in [0.2, 0.25) is 0 Å². The van der Waals surface area contributed by atoms with Crippen LogP contribution in [0.3, 0.4) is 0 Å². The van der Waals surface area contributed by atoms with Crippen molar-refractivity contribution in [1.82, 2.24) is 0 Å². The summed E-state index contributed by atoms with van der Waals surface area (Å²) in [6, 6.07) is 0. The summed E-state index contributed by atoms with van der Waals surface area (Å²) in [6.07, 6.45) is 0.634. The molecule has 2 N–H and O–H groups in total. The largest absolute Gasteiger partial charge is 2.00 e. The summed E-state index contributed by atoms with van der Waals surface area (Å²) in [5, 5.41) is 36.4. The molecule has 2 atom stereocenters. The van der Waals surface area contributed by atoms with Gasteiger partial charge in [0.2, 0.25) is 0 Å². The number of carbonyl (C=O) groups is 4. The molecule has 0 aromatic carbocycles. The van der Waals surface area contributed by atoms with Crippen molar-refractivity contribution in [3.63, 3.8) is 0 Å². The van der Waals surface area contributed by atoms with E-state index in [2.05, 4.69) is 0 Å². The molecule has 0 saturated heterocycles. The van der Waals surface area contributed by atoms with Gasteiger partial charge in [0.25, 0.3) is 0 Å². The molecule has 8 nitrogen and oxygen atoms in total. The Labute approximate surface area is 190 Å². The fourth-order valence-corrected chi connectivity index (χ4v) is 1.24. The molecule has 0 heterocycles. The molecule has 0 bridgehead atoms. The van der Waals surface area contributed by atoms with Crippen LogP contribution in [0.5, 0.6) is 0 Å². The molecule has 0 aliphatic carbocycles. The number of carboxylic acid groups (broad SMARTS) is 2. The molecule has 2 unspecified atom stereocenters. The van der Waals surface area contributed by atoms with E-state index < -0.39 is 23.8 Å². The monoisotopic (exact) mass is 454 g/mol. The van der Waals surface area contributed by atoms with E-state index >= 15 is 0 Å². The number of carbonyl (C=O) groups excluding carboxylic acids is 4. The van der Waals surface area contributed by atoms with E-state index in [4.69, 9.17) is 10.2 Å². The summed E-state index contributed by atoms with van der Waals surface area (Å²) in [4.78, 5) is 40.9. The third-order valence-electron chi connectivity index (χ3n) is 3.10. The van der Waals surface area contributed by atoms with Crippen molar-refractivity contribution in [2.75, 3.05) is 13.2 Å². The zero-order valence-corrected chi connectivity index (χ0v) is 20.5. The standard InChI is InChI=1S/2C6H10O3.2C4H10O.Ti/c2*1-3-5(4(2)7)6(8)9;2*1-4(2)3-5;/h2*5H,3H2,1-2H3,(H,8,9);2*4-5H,3H2,1-2H3;/q;;;;+2/p-2. The van der Waals surface area contributed by atoms with Gasteiger partial charge in [0.1, 0.15) is 11.6 Å². The van der Waals surface area contributed by atoms with Crippen LogP contribution in [0.15, 0.2) is 0 Å². The van der Waals surface area contributed by atoms with Crippen LogP contribution >= 0.6 is 0 Å². The molecule has 0 radical (unpaired) electrons. The third-order valence-corrected chi connectivity index (χ3v) is 3.10. The number of ketones is 2. The van der Waals surface area contributed by atoms with Crippen molar-refractivity contribution in [3.05, 3.63) is 0 Å². The SMILES string of the molecule is CC(C)CO.CC(C)CO.CCC(C(C)=O)C(=O)[O-].CCC(C(C)=O)C(=O)[O-].[Ti+2]. The van der Waals surface area contributed by atoms with E-state index in [0.717, 1.165) is 0 Å². The first-order valence-electron chi connectivity index (χ1n) is 9.37. The normalized spacial score (nSPS) is 11.2. The number of hydrogen-bond acceptors (Lipinski definition) is 8. The van der Waals surface area contributed by atoms with Crippen LogP contribution in [0, 0.1) is 23.7 Å². The minimum absolute atomic E-state index is 0. The van der Waals surface area contributed by atoms with Crippen LogP contribution in [0.1, 0.15) is 68.2 Å². The summed E-state index contributed by atoms with van der Waals surface area (Å²) in [5.41, 5.74) is 0. The Morgan fingerprint density at radius 3 is 0.862 bits per heavy atom. The Morgan fingerprint density at radius 2 is 0.862 bits per heavy atom. The number of carboxylic acids is 2.